The van der Waals surface area contributed by atoms with Gasteiger partial charge in [-0.05, 0) is 35.8 Å². The van der Waals surface area contributed by atoms with Gasteiger partial charge in [0.15, 0.2) is 5.78 Å². The zero-order valence-corrected chi connectivity index (χ0v) is 15.7. The molecule has 25 heavy (non-hydrogen) atoms. The first-order valence-corrected chi connectivity index (χ1v) is 8.28. The predicted octanol–water partition coefficient (Wildman–Crippen LogP) is 2.47. The highest BCUT2D eigenvalue weighted by atomic mass is 79.9. The third-order valence-electron chi connectivity index (χ3n) is 3.94. The van der Waals surface area contributed by atoms with E-state index in [0.29, 0.717) is 23.2 Å². The molecular formula is C16H18BrN3O5. The minimum absolute atomic E-state index is 0.270. The summed E-state index contributed by atoms with van der Waals surface area (Å²) < 4.78 is 8.43. The van der Waals surface area contributed by atoms with Crippen molar-refractivity contribution >= 4 is 27.4 Å². The minimum Gasteiger partial charge on any atom is -0.383 e. The van der Waals surface area contributed by atoms with Crippen LogP contribution in [0.25, 0.3) is 0 Å². The third-order valence-corrected chi connectivity index (χ3v) is 4.37. The summed E-state index contributed by atoms with van der Waals surface area (Å²) in [6, 6.07) is 2.88. The number of rotatable bonds is 7. The van der Waals surface area contributed by atoms with E-state index in [4.69, 9.17) is 4.74 Å². The zero-order valence-electron chi connectivity index (χ0n) is 14.1. The topological polar surface area (TPSA) is 96.4 Å². The molecule has 0 aliphatic rings. The lowest BCUT2D eigenvalue weighted by Gasteiger charge is -2.09. The molecule has 0 amide bonds. The largest absolute Gasteiger partial charge is 0.383 e. The first-order valence-electron chi connectivity index (χ1n) is 7.49. The highest BCUT2D eigenvalue weighted by Crippen LogP contribution is 2.18. The van der Waals surface area contributed by atoms with Crippen molar-refractivity contribution in [2.45, 2.75) is 26.9 Å². The molecule has 0 bridgehead atoms. The van der Waals surface area contributed by atoms with Crippen LogP contribution in [0.4, 0.5) is 5.69 Å². The first-order chi connectivity index (χ1) is 11.8. The van der Waals surface area contributed by atoms with Gasteiger partial charge in [-0.3, -0.25) is 19.7 Å². The Hall–Kier alpha value is -2.26. The summed E-state index contributed by atoms with van der Waals surface area (Å²) in [6.07, 6.45) is 1.37. The maximum atomic E-state index is 12.6. The van der Waals surface area contributed by atoms with Crippen LogP contribution in [0.1, 0.15) is 21.7 Å². The quantitative estimate of drug-likeness (QED) is 0.396. The van der Waals surface area contributed by atoms with Crippen LogP contribution in [0.5, 0.6) is 0 Å². The van der Waals surface area contributed by atoms with E-state index >= 15 is 0 Å². The van der Waals surface area contributed by atoms with Gasteiger partial charge < -0.3 is 13.9 Å². The molecule has 8 nitrogen and oxygen atoms in total. The van der Waals surface area contributed by atoms with Gasteiger partial charge in [0.1, 0.15) is 0 Å². The lowest BCUT2D eigenvalue weighted by atomic mass is 10.1. The SMILES string of the molecule is COCCn1c(C)cc(C(=O)Cn2cc(Br)cc([N+](=O)[O-])c2=O)c1C. The van der Waals surface area contributed by atoms with Crippen LogP contribution in [-0.4, -0.2) is 33.6 Å². The number of aromatic nitrogens is 2. The number of ketones is 1. The van der Waals surface area contributed by atoms with Crippen LogP contribution in [0.3, 0.4) is 0 Å². The third kappa shape index (κ3) is 4.05. The van der Waals surface area contributed by atoms with Crippen molar-refractivity contribution in [3.63, 3.8) is 0 Å². The lowest BCUT2D eigenvalue weighted by Crippen LogP contribution is -2.26. The van der Waals surface area contributed by atoms with Crippen molar-refractivity contribution in [1.29, 1.82) is 0 Å². The summed E-state index contributed by atoms with van der Waals surface area (Å²) in [5.41, 5.74) is 0.785. The van der Waals surface area contributed by atoms with Crippen molar-refractivity contribution in [1.82, 2.24) is 9.13 Å². The van der Waals surface area contributed by atoms with Gasteiger partial charge in [-0.25, -0.2) is 0 Å². The molecule has 0 saturated carbocycles. The van der Waals surface area contributed by atoms with Gasteiger partial charge in [0.2, 0.25) is 0 Å². The molecule has 0 aliphatic heterocycles. The normalized spacial score (nSPS) is 10.9. The smallest absolute Gasteiger partial charge is 0.335 e. The molecule has 0 saturated heterocycles. The van der Waals surface area contributed by atoms with E-state index in [1.165, 1.54) is 6.20 Å². The number of carbonyl (C=O) groups excluding carboxylic acids is 1. The Morgan fingerprint density at radius 2 is 2.04 bits per heavy atom. The molecule has 0 fully saturated rings. The Balaban J connectivity index is 2.35. The summed E-state index contributed by atoms with van der Waals surface area (Å²) >= 11 is 3.13. The van der Waals surface area contributed by atoms with Gasteiger partial charge in [0.05, 0.1) is 18.1 Å². The molecule has 0 unspecified atom stereocenters. The second-order valence-corrected chi connectivity index (χ2v) is 6.50. The Kier molecular flexibility index (Phi) is 5.91. The van der Waals surface area contributed by atoms with Gasteiger partial charge in [-0.1, -0.05) is 0 Å². The van der Waals surface area contributed by atoms with Crippen molar-refractivity contribution in [3.8, 4) is 0 Å². The second kappa shape index (κ2) is 7.75. The number of Topliss-reactive ketones (excluding diaryl/α,β-unsaturated/α-hetero) is 1. The molecule has 0 aliphatic carbocycles. The van der Waals surface area contributed by atoms with Crippen LogP contribution in [0.2, 0.25) is 0 Å². The molecule has 0 N–H and O–H groups in total. The van der Waals surface area contributed by atoms with Crippen LogP contribution in [0, 0.1) is 24.0 Å². The van der Waals surface area contributed by atoms with Gasteiger partial charge in [-0.15, -0.1) is 0 Å². The first kappa shape index (κ1) is 19.1. The number of methoxy groups -OCH3 is 1. The Morgan fingerprint density at radius 3 is 2.64 bits per heavy atom. The van der Waals surface area contributed by atoms with E-state index in [2.05, 4.69) is 15.9 Å². The number of hydrogen-bond acceptors (Lipinski definition) is 5. The van der Waals surface area contributed by atoms with Crippen LogP contribution >= 0.6 is 15.9 Å². The fraction of sp³-hybridized carbons (Fsp3) is 0.375. The molecule has 2 aromatic rings. The average Bonchev–Trinajstić information content (AvgIpc) is 2.83. The van der Waals surface area contributed by atoms with Crippen molar-refractivity contribution in [2.75, 3.05) is 13.7 Å². The molecule has 0 aromatic carbocycles. The Labute approximate surface area is 152 Å². The predicted molar refractivity (Wildman–Crippen MR) is 95.2 cm³/mol. The number of nitrogens with zero attached hydrogens (tertiary/aromatic N) is 3. The maximum absolute atomic E-state index is 12.6. The lowest BCUT2D eigenvalue weighted by molar-refractivity contribution is -0.386. The second-order valence-electron chi connectivity index (χ2n) is 5.59. The van der Waals surface area contributed by atoms with Crippen molar-refractivity contribution in [2.24, 2.45) is 0 Å². The fourth-order valence-electron chi connectivity index (χ4n) is 2.68. The number of hydrogen-bond donors (Lipinski definition) is 0. The number of halogens is 1. The number of nitro groups is 1. The molecule has 134 valence electrons. The van der Waals surface area contributed by atoms with Gasteiger partial charge in [-0.2, -0.15) is 0 Å². The maximum Gasteiger partial charge on any atom is 0.335 e. The number of pyridine rings is 1. The van der Waals surface area contributed by atoms with E-state index in [1.54, 1.807) is 13.2 Å². The highest BCUT2D eigenvalue weighted by Gasteiger charge is 2.20. The van der Waals surface area contributed by atoms with Crippen LogP contribution in [0.15, 0.2) is 27.6 Å². The monoisotopic (exact) mass is 411 g/mol. The van der Waals surface area contributed by atoms with E-state index in [-0.39, 0.29) is 12.3 Å². The fourth-order valence-corrected chi connectivity index (χ4v) is 3.15. The minimum atomic E-state index is -0.810. The molecule has 2 rings (SSSR count). The van der Waals surface area contributed by atoms with E-state index in [9.17, 15) is 19.7 Å². The summed E-state index contributed by atoms with van der Waals surface area (Å²) in [7, 11) is 1.60. The highest BCUT2D eigenvalue weighted by molar-refractivity contribution is 9.10. The van der Waals surface area contributed by atoms with Crippen molar-refractivity contribution in [3.05, 3.63) is 60.2 Å². The molecule has 2 aromatic heterocycles. The summed E-state index contributed by atoms with van der Waals surface area (Å²) in [6.45, 7) is 4.57. The Bertz CT molecular complexity index is 885. The number of aryl methyl sites for hydroxylation is 1. The molecule has 0 radical (unpaired) electrons. The summed E-state index contributed by atoms with van der Waals surface area (Å²) in [5, 5.41) is 11.0. The number of ether oxygens (including phenoxy) is 1. The van der Waals surface area contributed by atoms with Crippen LogP contribution < -0.4 is 5.56 Å². The van der Waals surface area contributed by atoms with E-state index in [0.717, 1.165) is 22.0 Å². The summed E-state index contributed by atoms with van der Waals surface area (Å²) in [4.78, 5) is 35.0. The Morgan fingerprint density at radius 1 is 1.36 bits per heavy atom. The van der Waals surface area contributed by atoms with E-state index in [1.807, 2.05) is 18.4 Å². The molecular weight excluding hydrogens is 394 g/mol. The molecule has 2 heterocycles. The number of carbonyl (C=O) groups is 1. The average molecular weight is 412 g/mol. The molecule has 0 spiro atoms. The molecule has 9 heteroatoms. The van der Waals surface area contributed by atoms with Crippen LogP contribution in [-0.2, 0) is 17.8 Å². The standard InChI is InChI=1S/C16H18BrN3O5/c1-10-6-13(11(2)19(10)4-5-25-3)15(21)9-18-8-12(17)7-14(16(18)22)20(23)24/h6-8H,4-5,9H2,1-3H3. The van der Waals surface area contributed by atoms with Gasteiger partial charge in [0.25, 0.3) is 0 Å². The van der Waals surface area contributed by atoms with Crippen molar-refractivity contribution < 1.29 is 14.5 Å². The van der Waals surface area contributed by atoms with Gasteiger partial charge in [0, 0.05) is 47.3 Å². The van der Waals surface area contributed by atoms with Gasteiger partial charge >= 0.3 is 11.2 Å². The zero-order chi connectivity index (χ0) is 18.7. The molecule has 0 atom stereocenters. The van der Waals surface area contributed by atoms with E-state index < -0.39 is 16.2 Å². The summed E-state index contributed by atoms with van der Waals surface area (Å²) in [5.74, 6) is -0.286.